The van der Waals surface area contributed by atoms with E-state index in [9.17, 15) is 4.79 Å². The van der Waals surface area contributed by atoms with E-state index in [1.807, 2.05) is 54.8 Å². The molecule has 1 aromatic carbocycles. The van der Waals surface area contributed by atoms with Gasteiger partial charge in [-0.25, -0.2) is 5.43 Å². The maximum atomic E-state index is 11.6. The first kappa shape index (κ1) is 13.2. The zero-order valence-electron chi connectivity index (χ0n) is 10.5. The van der Waals surface area contributed by atoms with E-state index in [1.165, 1.54) is 11.3 Å². The highest BCUT2D eigenvalue weighted by atomic mass is 32.1. The van der Waals surface area contributed by atoms with Crippen LogP contribution in [0.3, 0.4) is 0 Å². The SMILES string of the molecule is C/C(C=NNC(=O)c1cccs1)=C\c1ccccc1. The largest absolute Gasteiger partial charge is 0.281 e. The lowest BCUT2D eigenvalue weighted by atomic mass is 10.1. The summed E-state index contributed by atoms with van der Waals surface area (Å²) in [5.41, 5.74) is 4.58. The molecular weight excluding hydrogens is 256 g/mol. The number of rotatable bonds is 4. The van der Waals surface area contributed by atoms with Crippen LogP contribution in [0.5, 0.6) is 0 Å². The maximum absolute atomic E-state index is 11.6. The minimum Gasteiger partial charge on any atom is -0.266 e. The Balaban J connectivity index is 1.92. The lowest BCUT2D eigenvalue weighted by Crippen LogP contribution is -2.16. The first-order valence-corrected chi connectivity index (χ1v) is 6.74. The van der Waals surface area contributed by atoms with Gasteiger partial charge in [0.25, 0.3) is 5.91 Å². The van der Waals surface area contributed by atoms with E-state index >= 15 is 0 Å². The molecule has 19 heavy (non-hydrogen) atoms. The lowest BCUT2D eigenvalue weighted by molar-refractivity contribution is 0.0959. The fourth-order valence-corrected chi connectivity index (χ4v) is 2.12. The summed E-state index contributed by atoms with van der Waals surface area (Å²) >= 11 is 1.39. The van der Waals surface area contributed by atoms with Crippen molar-refractivity contribution in [2.45, 2.75) is 6.92 Å². The molecule has 4 heteroatoms. The van der Waals surface area contributed by atoms with Gasteiger partial charge in [-0.05, 0) is 29.5 Å². The van der Waals surface area contributed by atoms with Gasteiger partial charge in [-0.1, -0.05) is 42.5 Å². The van der Waals surface area contributed by atoms with E-state index < -0.39 is 0 Å². The third-order valence-corrected chi connectivity index (χ3v) is 3.24. The Hall–Kier alpha value is -2.20. The summed E-state index contributed by atoms with van der Waals surface area (Å²) in [5.74, 6) is -0.182. The molecule has 0 atom stereocenters. The van der Waals surface area contributed by atoms with Crippen LogP contribution in [-0.2, 0) is 0 Å². The van der Waals surface area contributed by atoms with E-state index in [0.717, 1.165) is 11.1 Å². The molecule has 1 heterocycles. The Kier molecular flexibility index (Phi) is 4.64. The standard InChI is InChI=1S/C15H14N2OS/c1-12(10-13-6-3-2-4-7-13)11-16-17-15(18)14-8-5-9-19-14/h2-11H,1H3,(H,17,18)/b12-10+,16-11?. The van der Waals surface area contributed by atoms with Gasteiger partial charge in [0.15, 0.2) is 0 Å². The van der Waals surface area contributed by atoms with Crippen molar-refractivity contribution in [3.05, 3.63) is 63.9 Å². The summed E-state index contributed by atoms with van der Waals surface area (Å²) < 4.78 is 0. The molecule has 0 fully saturated rings. The van der Waals surface area contributed by atoms with Crippen LogP contribution in [0.25, 0.3) is 6.08 Å². The predicted octanol–water partition coefficient (Wildman–Crippen LogP) is 3.57. The number of benzene rings is 1. The Labute approximate surface area is 116 Å². The topological polar surface area (TPSA) is 41.5 Å². The molecule has 1 aromatic heterocycles. The summed E-state index contributed by atoms with van der Waals surface area (Å²) in [6.07, 6.45) is 3.64. The van der Waals surface area contributed by atoms with Crippen LogP contribution in [0.4, 0.5) is 0 Å². The van der Waals surface area contributed by atoms with Crippen LogP contribution in [0.15, 0.2) is 58.5 Å². The number of nitrogens with zero attached hydrogens (tertiary/aromatic N) is 1. The van der Waals surface area contributed by atoms with E-state index in [1.54, 1.807) is 12.3 Å². The molecule has 0 radical (unpaired) electrons. The van der Waals surface area contributed by atoms with Crippen molar-refractivity contribution in [1.82, 2.24) is 5.43 Å². The van der Waals surface area contributed by atoms with Crippen molar-refractivity contribution in [3.63, 3.8) is 0 Å². The van der Waals surface area contributed by atoms with Gasteiger partial charge in [0.05, 0.1) is 11.1 Å². The number of thiophene rings is 1. The highest BCUT2D eigenvalue weighted by molar-refractivity contribution is 7.12. The monoisotopic (exact) mass is 270 g/mol. The molecule has 0 aliphatic rings. The van der Waals surface area contributed by atoms with Crippen molar-refractivity contribution >= 4 is 29.5 Å². The molecule has 0 aliphatic carbocycles. The van der Waals surface area contributed by atoms with Gasteiger partial charge in [-0.15, -0.1) is 11.3 Å². The Morgan fingerprint density at radius 3 is 2.68 bits per heavy atom. The molecule has 2 rings (SSSR count). The molecule has 0 aliphatic heterocycles. The summed E-state index contributed by atoms with van der Waals surface area (Å²) in [6.45, 7) is 1.94. The molecule has 0 unspecified atom stereocenters. The van der Waals surface area contributed by atoms with E-state index in [4.69, 9.17) is 0 Å². The van der Waals surface area contributed by atoms with Crippen LogP contribution >= 0.6 is 11.3 Å². The van der Waals surface area contributed by atoms with Gasteiger partial charge in [0.1, 0.15) is 0 Å². The van der Waals surface area contributed by atoms with Crippen LogP contribution < -0.4 is 5.43 Å². The van der Waals surface area contributed by atoms with Crippen molar-refractivity contribution in [3.8, 4) is 0 Å². The number of carbonyl (C=O) groups is 1. The second kappa shape index (κ2) is 6.66. The van der Waals surface area contributed by atoms with Gasteiger partial charge in [0.2, 0.25) is 0 Å². The van der Waals surface area contributed by atoms with Crippen LogP contribution in [-0.4, -0.2) is 12.1 Å². The highest BCUT2D eigenvalue weighted by Gasteiger charge is 2.03. The number of hydrogen-bond donors (Lipinski definition) is 1. The molecule has 0 saturated carbocycles. The Morgan fingerprint density at radius 1 is 1.21 bits per heavy atom. The summed E-state index contributed by atoms with van der Waals surface area (Å²) in [6, 6.07) is 13.6. The molecule has 0 bridgehead atoms. The molecule has 2 aromatic rings. The number of hydrogen-bond acceptors (Lipinski definition) is 3. The number of hydrazone groups is 1. The van der Waals surface area contributed by atoms with Gasteiger partial charge in [0, 0.05) is 0 Å². The minimum atomic E-state index is -0.182. The minimum absolute atomic E-state index is 0.182. The zero-order valence-corrected chi connectivity index (χ0v) is 11.4. The molecule has 1 amide bonds. The molecule has 96 valence electrons. The fourth-order valence-electron chi connectivity index (χ4n) is 1.50. The molecule has 3 nitrogen and oxygen atoms in total. The van der Waals surface area contributed by atoms with Gasteiger partial charge >= 0.3 is 0 Å². The summed E-state index contributed by atoms with van der Waals surface area (Å²) in [7, 11) is 0. The number of nitrogens with one attached hydrogen (secondary N) is 1. The first-order chi connectivity index (χ1) is 9.25. The smallest absolute Gasteiger partial charge is 0.266 e. The summed E-state index contributed by atoms with van der Waals surface area (Å²) in [5, 5.41) is 5.80. The first-order valence-electron chi connectivity index (χ1n) is 5.86. The van der Waals surface area contributed by atoms with Crippen molar-refractivity contribution in [2.24, 2.45) is 5.10 Å². The molecular formula is C15H14N2OS. The number of amides is 1. The second-order valence-corrected chi connectivity index (χ2v) is 4.92. The fraction of sp³-hybridized carbons (Fsp3) is 0.0667. The van der Waals surface area contributed by atoms with Crippen molar-refractivity contribution in [1.29, 1.82) is 0 Å². The van der Waals surface area contributed by atoms with Gasteiger partial charge in [-0.3, -0.25) is 4.79 Å². The number of carbonyl (C=O) groups excluding carboxylic acids is 1. The number of allylic oxidation sites excluding steroid dienone is 1. The van der Waals surface area contributed by atoms with Crippen molar-refractivity contribution in [2.75, 3.05) is 0 Å². The molecule has 0 saturated heterocycles. The average Bonchev–Trinajstić information content (AvgIpc) is 2.93. The third kappa shape index (κ3) is 4.19. The van der Waals surface area contributed by atoms with E-state index in [0.29, 0.717) is 4.88 Å². The van der Waals surface area contributed by atoms with Gasteiger partial charge < -0.3 is 0 Å². The zero-order chi connectivity index (χ0) is 13.5. The second-order valence-electron chi connectivity index (χ2n) is 3.98. The van der Waals surface area contributed by atoms with Crippen molar-refractivity contribution < 1.29 is 4.79 Å². The Bertz CT molecular complexity index is 586. The Morgan fingerprint density at radius 2 is 2.00 bits per heavy atom. The molecule has 0 spiro atoms. The van der Waals surface area contributed by atoms with E-state index in [-0.39, 0.29) is 5.91 Å². The summed E-state index contributed by atoms with van der Waals surface area (Å²) in [4.78, 5) is 12.3. The average molecular weight is 270 g/mol. The predicted molar refractivity (Wildman–Crippen MR) is 80.4 cm³/mol. The molecule has 1 N–H and O–H groups in total. The van der Waals surface area contributed by atoms with E-state index in [2.05, 4.69) is 10.5 Å². The van der Waals surface area contributed by atoms with Crippen LogP contribution in [0, 0.1) is 0 Å². The van der Waals surface area contributed by atoms with Gasteiger partial charge in [-0.2, -0.15) is 5.10 Å². The highest BCUT2D eigenvalue weighted by Crippen LogP contribution is 2.07. The quantitative estimate of drug-likeness (QED) is 0.669. The van der Waals surface area contributed by atoms with Crippen LogP contribution in [0.1, 0.15) is 22.2 Å². The van der Waals surface area contributed by atoms with Crippen LogP contribution in [0.2, 0.25) is 0 Å². The maximum Gasteiger partial charge on any atom is 0.281 e. The third-order valence-electron chi connectivity index (χ3n) is 2.37. The normalized spacial score (nSPS) is 11.7. The lowest BCUT2D eigenvalue weighted by Gasteiger charge is -1.96.